The van der Waals surface area contributed by atoms with Crippen LogP contribution in [0.1, 0.15) is 38.8 Å². The number of benzene rings is 2. The van der Waals surface area contributed by atoms with Crippen molar-refractivity contribution in [2.45, 2.75) is 46.3 Å². The minimum Gasteiger partial charge on any atom is -0.462 e. The zero-order valence-corrected chi connectivity index (χ0v) is 14.7. The normalized spacial score (nSPS) is 10.6. The number of carbonyl (C=O) groups is 1. The fraction of sp³-hybridized carbons (Fsp3) is 0.350. The maximum absolute atomic E-state index is 13.4. The van der Waals surface area contributed by atoms with Gasteiger partial charge in [0, 0.05) is 0 Å². The Bertz CT molecular complexity index is 660. The van der Waals surface area contributed by atoms with Crippen LogP contribution in [0.4, 0.5) is 4.39 Å². The van der Waals surface area contributed by atoms with E-state index in [1.54, 1.807) is 6.07 Å². The van der Waals surface area contributed by atoms with E-state index in [2.05, 4.69) is 4.74 Å². The van der Waals surface area contributed by atoms with Crippen LogP contribution in [0.15, 0.2) is 42.5 Å². The number of aliphatic hydroxyl groups excluding tert-OH is 1. The summed E-state index contributed by atoms with van der Waals surface area (Å²) in [7, 11) is 0. The van der Waals surface area contributed by atoms with Crippen LogP contribution in [0, 0.1) is 5.82 Å². The molecule has 0 unspecified atom stereocenters. The van der Waals surface area contributed by atoms with Gasteiger partial charge in [0.25, 0.3) is 6.47 Å². The predicted octanol–water partition coefficient (Wildman–Crippen LogP) is 4.51. The minimum absolute atomic E-state index is 0.00376. The molecule has 3 nitrogen and oxygen atoms in total. The van der Waals surface area contributed by atoms with Crippen molar-refractivity contribution in [1.82, 2.24) is 0 Å². The van der Waals surface area contributed by atoms with E-state index in [1.165, 1.54) is 6.07 Å². The van der Waals surface area contributed by atoms with Gasteiger partial charge in [-0.15, -0.1) is 0 Å². The highest BCUT2D eigenvalue weighted by Gasteiger charge is 2.07. The molecule has 2 aromatic carbocycles. The molecule has 130 valence electrons. The van der Waals surface area contributed by atoms with Crippen LogP contribution >= 0.6 is 0 Å². The van der Waals surface area contributed by atoms with Crippen LogP contribution in [-0.2, 0) is 22.6 Å². The Balaban J connectivity index is 0.000000351. The quantitative estimate of drug-likeness (QED) is 0.838. The molecule has 0 aromatic heterocycles. The van der Waals surface area contributed by atoms with Gasteiger partial charge in [-0.05, 0) is 67.6 Å². The number of ether oxygens (including phenoxy) is 1. The Morgan fingerprint density at radius 2 is 1.75 bits per heavy atom. The lowest BCUT2D eigenvalue weighted by Gasteiger charge is -2.14. The molecule has 0 saturated carbocycles. The van der Waals surface area contributed by atoms with Gasteiger partial charge in [-0.25, -0.2) is 4.39 Å². The average molecular weight is 332 g/mol. The van der Waals surface area contributed by atoms with Crippen LogP contribution in [-0.4, -0.2) is 17.2 Å². The monoisotopic (exact) mass is 332 g/mol. The van der Waals surface area contributed by atoms with Gasteiger partial charge in [0.2, 0.25) is 0 Å². The Morgan fingerprint density at radius 1 is 1.08 bits per heavy atom. The summed E-state index contributed by atoms with van der Waals surface area (Å²) in [5.74, 6) is -0.214. The number of rotatable bonds is 4. The van der Waals surface area contributed by atoms with Gasteiger partial charge in [0.05, 0.1) is 6.61 Å². The summed E-state index contributed by atoms with van der Waals surface area (Å²) in [6.07, 6.45) is 0.810. The second kappa shape index (κ2) is 9.18. The van der Waals surface area contributed by atoms with Gasteiger partial charge in [-0.3, -0.25) is 4.79 Å². The van der Waals surface area contributed by atoms with Crippen molar-refractivity contribution in [2.75, 3.05) is 0 Å². The molecule has 0 fully saturated rings. The highest BCUT2D eigenvalue weighted by molar-refractivity contribution is 5.65. The molecule has 2 rings (SSSR count). The first kappa shape index (κ1) is 19.8. The summed E-state index contributed by atoms with van der Waals surface area (Å²) in [6, 6.07) is 12.6. The zero-order valence-electron chi connectivity index (χ0n) is 14.7. The Kier molecular flexibility index (Phi) is 7.59. The van der Waals surface area contributed by atoms with Crippen LogP contribution in [0.25, 0.3) is 11.1 Å². The van der Waals surface area contributed by atoms with Gasteiger partial charge in [0.1, 0.15) is 11.4 Å². The summed E-state index contributed by atoms with van der Waals surface area (Å²) < 4.78 is 18.0. The van der Waals surface area contributed by atoms with E-state index in [0.29, 0.717) is 6.47 Å². The molecule has 0 spiro atoms. The van der Waals surface area contributed by atoms with E-state index in [-0.39, 0.29) is 18.0 Å². The number of carbonyl (C=O) groups excluding carboxylic acids is 1. The molecule has 2 aromatic rings. The SMILES string of the molecule is CC(C)(C)OC=O.CCc1cc(F)cc(-c2cccc(CO)c2)c1. The first-order chi connectivity index (χ1) is 11.3. The van der Waals surface area contributed by atoms with Crippen molar-refractivity contribution in [2.24, 2.45) is 0 Å². The largest absolute Gasteiger partial charge is 0.462 e. The van der Waals surface area contributed by atoms with Gasteiger partial charge in [-0.2, -0.15) is 0 Å². The van der Waals surface area contributed by atoms with Gasteiger partial charge in [0.15, 0.2) is 0 Å². The summed E-state index contributed by atoms with van der Waals surface area (Å²) >= 11 is 0. The topological polar surface area (TPSA) is 46.5 Å². The molecule has 0 aliphatic rings. The summed E-state index contributed by atoms with van der Waals surface area (Å²) in [4.78, 5) is 9.60. The molecule has 0 bridgehead atoms. The molecule has 0 aliphatic carbocycles. The van der Waals surface area contributed by atoms with E-state index in [4.69, 9.17) is 5.11 Å². The average Bonchev–Trinajstić information content (AvgIpc) is 2.53. The molecule has 1 N–H and O–H groups in total. The molecular formula is C20H25FO3. The number of hydrogen-bond donors (Lipinski definition) is 1. The van der Waals surface area contributed by atoms with Crippen molar-refractivity contribution < 1.29 is 19.0 Å². The van der Waals surface area contributed by atoms with E-state index in [0.717, 1.165) is 28.7 Å². The van der Waals surface area contributed by atoms with Crippen LogP contribution in [0.2, 0.25) is 0 Å². The molecule has 0 heterocycles. The third kappa shape index (κ3) is 6.92. The summed E-state index contributed by atoms with van der Waals surface area (Å²) in [6.45, 7) is 7.93. The highest BCUT2D eigenvalue weighted by atomic mass is 19.1. The van der Waals surface area contributed by atoms with Crippen LogP contribution in [0.5, 0.6) is 0 Å². The number of aryl methyl sites for hydroxylation is 1. The van der Waals surface area contributed by atoms with Gasteiger partial charge in [-0.1, -0.05) is 31.2 Å². The maximum Gasteiger partial charge on any atom is 0.293 e. The van der Waals surface area contributed by atoms with Crippen molar-refractivity contribution in [1.29, 1.82) is 0 Å². The first-order valence-corrected chi connectivity index (χ1v) is 7.90. The number of halogens is 1. The molecule has 0 saturated heterocycles. The lowest BCUT2D eigenvalue weighted by molar-refractivity contribution is -0.138. The second-order valence-electron chi connectivity index (χ2n) is 6.39. The number of aliphatic hydroxyl groups is 1. The van der Waals surface area contributed by atoms with Crippen LogP contribution in [0.3, 0.4) is 0 Å². The second-order valence-corrected chi connectivity index (χ2v) is 6.39. The maximum atomic E-state index is 13.4. The molecule has 4 heteroatoms. The first-order valence-electron chi connectivity index (χ1n) is 7.90. The molecule has 0 atom stereocenters. The molecule has 0 amide bonds. The predicted molar refractivity (Wildman–Crippen MR) is 94.0 cm³/mol. The summed E-state index contributed by atoms with van der Waals surface area (Å²) in [5.41, 5.74) is 3.30. The molecule has 24 heavy (non-hydrogen) atoms. The van der Waals surface area contributed by atoms with Crippen LogP contribution < -0.4 is 0 Å². The lowest BCUT2D eigenvalue weighted by atomic mass is 10.0. The van der Waals surface area contributed by atoms with Gasteiger partial charge >= 0.3 is 0 Å². The van der Waals surface area contributed by atoms with E-state index >= 15 is 0 Å². The third-order valence-corrected chi connectivity index (χ3v) is 3.21. The Morgan fingerprint density at radius 3 is 2.25 bits per heavy atom. The highest BCUT2D eigenvalue weighted by Crippen LogP contribution is 2.23. The van der Waals surface area contributed by atoms with Gasteiger partial charge < -0.3 is 9.84 Å². The van der Waals surface area contributed by atoms with E-state index in [1.807, 2.05) is 58.0 Å². The summed E-state index contributed by atoms with van der Waals surface area (Å²) in [5, 5.41) is 9.09. The fourth-order valence-electron chi connectivity index (χ4n) is 2.01. The third-order valence-electron chi connectivity index (χ3n) is 3.21. The Labute approximate surface area is 143 Å². The van der Waals surface area contributed by atoms with Crippen molar-refractivity contribution in [3.8, 4) is 11.1 Å². The Hall–Kier alpha value is -2.20. The van der Waals surface area contributed by atoms with E-state index in [9.17, 15) is 9.18 Å². The standard InChI is InChI=1S/C15H15FO.C5H10O2/c1-2-11-6-14(9-15(16)8-11)13-5-3-4-12(7-13)10-17;1-5(2,3)7-4-6/h3-9,17H,2,10H2,1H3;4H,1-3H3. The van der Waals surface area contributed by atoms with Crippen molar-refractivity contribution in [3.63, 3.8) is 0 Å². The number of hydrogen-bond acceptors (Lipinski definition) is 3. The molecule has 0 aliphatic heterocycles. The van der Waals surface area contributed by atoms with Crippen molar-refractivity contribution >= 4 is 6.47 Å². The molecule has 0 radical (unpaired) electrons. The zero-order chi connectivity index (χ0) is 18.2. The van der Waals surface area contributed by atoms with E-state index < -0.39 is 0 Å². The van der Waals surface area contributed by atoms with Crippen molar-refractivity contribution in [3.05, 3.63) is 59.4 Å². The lowest BCUT2D eigenvalue weighted by Crippen LogP contribution is -2.17. The minimum atomic E-state index is -0.318. The molecular weight excluding hydrogens is 307 g/mol. The smallest absolute Gasteiger partial charge is 0.293 e. The fourth-order valence-corrected chi connectivity index (χ4v) is 2.01.